The molecule has 5 heteroatoms. The fourth-order valence-electron chi connectivity index (χ4n) is 2.28. The first-order chi connectivity index (χ1) is 8.55. The Kier molecular flexibility index (Phi) is 4.25. The molecule has 1 aromatic rings. The van der Waals surface area contributed by atoms with Gasteiger partial charge in [-0.05, 0) is 20.3 Å². The number of nitrogens with two attached hydrogens (primary N) is 1. The Hall–Kier alpha value is -0.650. The summed E-state index contributed by atoms with van der Waals surface area (Å²) in [7, 11) is 0. The molecule has 1 aliphatic rings. The van der Waals surface area contributed by atoms with E-state index in [2.05, 4.69) is 25.7 Å². The van der Waals surface area contributed by atoms with Crippen LogP contribution in [-0.2, 0) is 17.7 Å². The zero-order valence-corrected chi connectivity index (χ0v) is 12.3. The van der Waals surface area contributed by atoms with Gasteiger partial charge in [-0.25, -0.2) is 4.98 Å². The second-order valence-corrected chi connectivity index (χ2v) is 6.41. The first-order valence-electron chi connectivity index (χ1n) is 6.63. The Morgan fingerprint density at radius 2 is 2.28 bits per heavy atom. The van der Waals surface area contributed by atoms with Gasteiger partial charge in [-0.3, -0.25) is 0 Å². The van der Waals surface area contributed by atoms with Gasteiger partial charge in [-0.2, -0.15) is 0 Å². The van der Waals surface area contributed by atoms with E-state index in [9.17, 15) is 0 Å². The molecule has 0 amide bonds. The number of hydrogen-bond acceptors (Lipinski definition) is 5. The summed E-state index contributed by atoms with van der Waals surface area (Å²) in [4.78, 5) is 8.33. The lowest BCUT2D eigenvalue weighted by Gasteiger charge is -2.38. The number of rotatable bonds is 4. The van der Waals surface area contributed by atoms with Gasteiger partial charge in [0.2, 0.25) is 0 Å². The van der Waals surface area contributed by atoms with Gasteiger partial charge < -0.3 is 15.4 Å². The molecule has 0 unspecified atom stereocenters. The molecule has 2 heterocycles. The summed E-state index contributed by atoms with van der Waals surface area (Å²) in [5.41, 5.74) is 6.90. The number of hydrogen-bond donors (Lipinski definition) is 1. The van der Waals surface area contributed by atoms with Crippen LogP contribution >= 0.6 is 11.3 Å². The van der Waals surface area contributed by atoms with E-state index in [0.29, 0.717) is 6.54 Å². The predicted molar refractivity (Wildman–Crippen MR) is 76.2 cm³/mol. The molecular formula is C13H23N3OS. The van der Waals surface area contributed by atoms with E-state index in [0.717, 1.165) is 37.7 Å². The molecule has 0 spiro atoms. The van der Waals surface area contributed by atoms with Crippen molar-refractivity contribution in [2.45, 2.75) is 45.8 Å². The fraction of sp³-hybridized carbons (Fsp3) is 0.769. The van der Waals surface area contributed by atoms with Crippen molar-refractivity contribution in [2.24, 2.45) is 5.73 Å². The molecule has 102 valence electrons. The topological polar surface area (TPSA) is 51.4 Å². The van der Waals surface area contributed by atoms with Crippen LogP contribution in [0.15, 0.2) is 0 Å². The maximum absolute atomic E-state index is 5.80. The third kappa shape index (κ3) is 3.02. The van der Waals surface area contributed by atoms with E-state index in [1.54, 1.807) is 11.3 Å². The Labute approximate surface area is 113 Å². The van der Waals surface area contributed by atoms with E-state index in [1.165, 1.54) is 10.6 Å². The van der Waals surface area contributed by atoms with Crippen molar-refractivity contribution in [1.29, 1.82) is 0 Å². The van der Waals surface area contributed by atoms with Crippen LogP contribution in [0.25, 0.3) is 0 Å². The molecule has 1 aliphatic heterocycles. The molecule has 0 saturated carbocycles. The zero-order chi connectivity index (χ0) is 13.2. The van der Waals surface area contributed by atoms with Crippen LogP contribution in [0.5, 0.6) is 0 Å². The largest absolute Gasteiger partial charge is 0.372 e. The van der Waals surface area contributed by atoms with Crippen molar-refractivity contribution >= 4 is 16.5 Å². The summed E-state index contributed by atoms with van der Waals surface area (Å²) >= 11 is 1.74. The van der Waals surface area contributed by atoms with Gasteiger partial charge in [0.05, 0.1) is 17.9 Å². The van der Waals surface area contributed by atoms with E-state index in [-0.39, 0.29) is 5.60 Å². The number of anilines is 1. The Balaban J connectivity index is 2.17. The summed E-state index contributed by atoms with van der Waals surface area (Å²) in [5.74, 6) is 0. The summed E-state index contributed by atoms with van der Waals surface area (Å²) in [6, 6.07) is 0. The molecule has 2 N–H and O–H groups in total. The minimum Gasteiger partial charge on any atom is -0.372 e. The zero-order valence-electron chi connectivity index (χ0n) is 11.5. The second-order valence-electron chi connectivity index (χ2n) is 5.35. The Bertz CT molecular complexity index is 403. The van der Waals surface area contributed by atoms with Crippen molar-refractivity contribution in [3.05, 3.63) is 10.6 Å². The molecule has 4 nitrogen and oxygen atoms in total. The highest BCUT2D eigenvalue weighted by Gasteiger charge is 2.29. The molecule has 1 aromatic heterocycles. The van der Waals surface area contributed by atoms with Crippen LogP contribution in [0.1, 0.15) is 37.8 Å². The van der Waals surface area contributed by atoms with E-state index in [1.807, 2.05) is 0 Å². The van der Waals surface area contributed by atoms with E-state index < -0.39 is 0 Å². The summed E-state index contributed by atoms with van der Waals surface area (Å²) in [6.07, 6.45) is 2.14. The van der Waals surface area contributed by atoms with Crippen molar-refractivity contribution in [1.82, 2.24) is 4.98 Å². The third-order valence-electron chi connectivity index (χ3n) is 3.14. The summed E-state index contributed by atoms with van der Waals surface area (Å²) < 4.78 is 5.74. The molecule has 0 radical (unpaired) electrons. The first-order valence-corrected chi connectivity index (χ1v) is 7.45. The summed E-state index contributed by atoms with van der Waals surface area (Å²) in [6.45, 7) is 9.63. The van der Waals surface area contributed by atoms with Crippen molar-refractivity contribution in [3.8, 4) is 0 Å². The van der Waals surface area contributed by atoms with Gasteiger partial charge in [0.25, 0.3) is 0 Å². The van der Waals surface area contributed by atoms with Crippen LogP contribution in [0, 0.1) is 0 Å². The lowest BCUT2D eigenvalue weighted by atomic mass is 10.1. The molecule has 0 aliphatic carbocycles. The average Bonchev–Trinajstić information content (AvgIpc) is 2.71. The molecule has 0 bridgehead atoms. The Morgan fingerprint density at radius 1 is 1.50 bits per heavy atom. The molecule has 18 heavy (non-hydrogen) atoms. The Morgan fingerprint density at radius 3 is 2.89 bits per heavy atom. The molecule has 0 aromatic carbocycles. The highest BCUT2D eigenvalue weighted by Crippen LogP contribution is 2.30. The van der Waals surface area contributed by atoms with Crippen molar-refractivity contribution in [3.63, 3.8) is 0 Å². The fourth-order valence-corrected chi connectivity index (χ4v) is 3.29. The quantitative estimate of drug-likeness (QED) is 0.910. The highest BCUT2D eigenvalue weighted by molar-refractivity contribution is 7.15. The smallest absolute Gasteiger partial charge is 0.186 e. The molecular weight excluding hydrogens is 246 g/mol. The first kappa shape index (κ1) is 13.8. The lowest BCUT2D eigenvalue weighted by Crippen LogP contribution is -2.48. The minimum absolute atomic E-state index is 0.0856. The minimum atomic E-state index is -0.0856. The van der Waals surface area contributed by atoms with E-state index >= 15 is 0 Å². The second kappa shape index (κ2) is 5.55. The summed E-state index contributed by atoms with van der Waals surface area (Å²) in [5, 5.41) is 1.11. The monoisotopic (exact) mass is 269 g/mol. The van der Waals surface area contributed by atoms with E-state index in [4.69, 9.17) is 15.5 Å². The van der Waals surface area contributed by atoms with Crippen LogP contribution < -0.4 is 10.6 Å². The number of nitrogens with zero attached hydrogens (tertiary/aromatic N) is 2. The van der Waals surface area contributed by atoms with Gasteiger partial charge in [-0.15, -0.1) is 11.3 Å². The molecule has 0 atom stereocenters. The van der Waals surface area contributed by atoms with Crippen LogP contribution in [-0.4, -0.2) is 30.3 Å². The van der Waals surface area contributed by atoms with Crippen LogP contribution in [0.2, 0.25) is 0 Å². The number of morpholine rings is 1. The normalized spacial score (nSPS) is 19.2. The molecule has 1 fully saturated rings. The van der Waals surface area contributed by atoms with Gasteiger partial charge in [-0.1, -0.05) is 13.3 Å². The number of thiazole rings is 1. The standard InChI is InChI=1S/C13H23N3OS/c1-4-5-10-11(8-14)18-12(15-10)16-6-7-17-13(2,3)9-16/h4-9,14H2,1-3H3. The van der Waals surface area contributed by atoms with Gasteiger partial charge in [0.1, 0.15) is 0 Å². The number of ether oxygens (including phenoxy) is 1. The maximum Gasteiger partial charge on any atom is 0.186 e. The highest BCUT2D eigenvalue weighted by atomic mass is 32.1. The third-order valence-corrected chi connectivity index (χ3v) is 4.32. The SMILES string of the molecule is CCCc1nc(N2CCOC(C)(C)C2)sc1CN. The van der Waals surface area contributed by atoms with Crippen LogP contribution in [0.3, 0.4) is 0 Å². The average molecular weight is 269 g/mol. The number of aryl methyl sites for hydroxylation is 1. The van der Waals surface area contributed by atoms with Crippen LogP contribution in [0.4, 0.5) is 5.13 Å². The molecule has 1 saturated heterocycles. The van der Waals surface area contributed by atoms with Crippen molar-refractivity contribution in [2.75, 3.05) is 24.6 Å². The van der Waals surface area contributed by atoms with Gasteiger partial charge >= 0.3 is 0 Å². The number of aromatic nitrogens is 1. The van der Waals surface area contributed by atoms with Gasteiger partial charge in [0, 0.05) is 24.5 Å². The van der Waals surface area contributed by atoms with Crippen molar-refractivity contribution < 1.29 is 4.74 Å². The molecule has 2 rings (SSSR count). The predicted octanol–water partition coefficient (Wildman–Crippen LogP) is 2.17. The lowest BCUT2D eigenvalue weighted by molar-refractivity contribution is -0.0277. The maximum atomic E-state index is 5.80. The van der Waals surface area contributed by atoms with Gasteiger partial charge in [0.15, 0.2) is 5.13 Å².